The highest BCUT2D eigenvalue weighted by molar-refractivity contribution is 4.88. The third-order valence-electron chi connectivity index (χ3n) is 3.05. The number of nitrogens with one attached hydrogen (secondary N) is 1. The zero-order valence-corrected chi connectivity index (χ0v) is 7.91. The lowest BCUT2D eigenvalue weighted by atomic mass is 10.0. The van der Waals surface area contributed by atoms with Crippen LogP contribution in [0.4, 0.5) is 0 Å². The second kappa shape index (κ2) is 4.37. The van der Waals surface area contributed by atoms with E-state index in [0.29, 0.717) is 18.6 Å². The van der Waals surface area contributed by atoms with Crippen molar-refractivity contribution >= 4 is 0 Å². The lowest BCUT2D eigenvalue weighted by molar-refractivity contribution is 0.00607. The highest BCUT2D eigenvalue weighted by atomic mass is 16.5. The first kappa shape index (κ1) is 9.40. The zero-order chi connectivity index (χ0) is 9.10. The molecule has 4 nitrogen and oxygen atoms in total. The van der Waals surface area contributed by atoms with Gasteiger partial charge in [0.1, 0.15) is 0 Å². The fraction of sp³-hybridized carbons (Fsp3) is 1.00. The van der Waals surface area contributed by atoms with Crippen LogP contribution in [0.3, 0.4) is 0 Å². The number of rotatable bonds is 2. The van der Waals surface area contributed by atoms with Crippen LogP contribution in [-0.2, 0) is 4.74 Å². The molecular weight excluding hydrogens is 168 g/mol. The monoisotopic (exact) mass is 186 g/mol. The van der Waals surface area contributed by atoms with Gasteiger partial charge in [-0.05, 0) is 0 Å². The third kappa shape index (κ3) is 2.02. The Morgan fingerprint density at radius 3 is 2.77 bits per heavy atom. The normalized spacial score (nSPS) is 36.7. The summed E-state index contributed by atoms with van der Waals surface area (Å²) in [4.78, 5) is 2.43. The highest BCUT2D eigenvalue weighted by Gasteiger charge is 2.31. The quantitative estimate of drug-likeness (QED) is 0.574. The second-order valence-corrected chi connectivity index (χ2v) is 3.82. The molecule has 0 saturated carbocycles. The van der Waals surface area contributed by atoms with E-state index in [1.165, 1.54) is 0 Å². The van der Waals surface area contributed by atoms with Crippen LogP contribution in [0.5, 0.6) is 0 Å². The number of hydrogen-bond donors (Lipinski definition) is 2. The molecule has 0 aromatic heterocycles. The molecule has 2 N–H and O–H groups in total. The van der Waals surface area contributed by atoms with Gasteiger partial charge in [-0.25, -0.2) is 0 Å². The van der Waals surface area contributed by atoms with E-state index in [-0.39, 0.29) is 0 Å². The summed E-state index contributed by atoms with van der Waals surface area (Å²) in [5.41, 5.74) is 0. The Kier molecular flexibility index (Phi) is 3.16. The van der Waals surface area contributed by atoms with E-state index < -0.39 is 0 Å². The Hall–Kier alpha value is -0.160. The van der Waals surface area contributed by atoms with Crippen molar-refractivity contribution in [2.75, 3.05) is 46.0 Å². The molecule has 0 bridgehead atoms. The van der Waals surface area contributed by atoms with E-state index in [1.807, 2.05) is 0 Å². The number of nitrogens with zero attached hydrogens (tertiary/aromatic N) is 1. The molecule has 2 aliphatic heterocycles. The van der Waals surface area contributed by atoms with Crippen molar-refractivity contribution in [2.45, 2.75) is 6.04 Å². The molecule has 0 aromatic rings. The number of ether oxygens (including phenoxy) is 1. The maximum Gasteiger partial charge on any atom is 0.0594 e. The second-order valence-electron chi connectivity index (χ2n) is 3.82. The van der Waals surface area contributed by atoms with Crippen molar-refractivity contribution in [1.82, 2.24) is 10.2 Å². The molecule has 0 radical (unpaired) electrons. The van der Waals surface area contributed by atoms with Gasteiger partial charge in [-0.1, -0.05) is 0 Å². The van der Waals surface area contributed by atoms with Gasteiger partial charge in [-0.3, -0.25) is 4.90 Å². The molecule has 2 saturated heterocycles. The minimum Gasteiger partial charge on any atom is -0.396 e. The summed E-state index contributed by atoms with van der Waals surface area (Å²) in [5.74, 6) is 0.415. The van der Waals surface area contributed by atoms with Crippen LogP contribution in [0.15, 0.2) is 0 Å². The lowest BCUT2D eigenvalue weighted by Crippen LogP contribution is -2.47. The van der Waals surface area contributed by atoms with Crippen LogP contribution in [0.2, 0.25) is 0 Å². The molecule has 0 aromatic carbocycles. The molecule has 2 aliphatic rings. The van der Waals surface area contributed by atoms with Crippen LogP contribution >= 0.6 is 0 Å². The number of aliphatic hydroxyl groups excluding tert-OH is 1. The van der Waals surface area contributed by atoms with Gasteiger partial charge in [0.2, 0.25) is 0 Å². The van der Waals surface area contributed by atoms with E-state index in [0.717, 1.165) is 39.4 Å². The fourth-order valence-electron chi connectivity index (χ4n) is 2.24. The molecule has 0 spiro atoms. The minimum atomic E-state index is 0.301. The van der Waals surface area contributed by atoms with Crippen LogP contribution in [-0.4, -0.2) is 62.0 Å². The summed E-state index contributed by atoms with van der Waals surface area (Å²) in [7, 11) is 0. The number of aliphatic hydroxyl groups is 1. The summed E-state index contributed by atoms with van der Waals surface area (Å²) < 4.78 is 5.30. The molecule has 2 fully saturated rings. The molecule has 0 aliphatic carbocycles. The van der Waals surface area contributed by atoms with Gasteiger partial charge in [0.05, 0.1) is 13.2 Å². The summed E-state index contributed by atoms with van der Waals surface area (Å²) in [5, 5.41) is 12.5. The van der Waals surface area contributed by atoms with Crippen LogP contribution in [0.1, 0.15) is 0 Å². The van der Waals surface area contributed by atoms with Crippen molar-refractivity contribution < 1.29 is 9.84 Å². The minimum absolute atomic E-state index is 0.301. The molecule has 2 rings (SSSR count). The van der Waals surface area contributed by atoms with E-state index in [9.17, 15) is 0 Å². The van der Waals surface area contributed by atoms with Gasteiger partial charge in [0.15, 0.2) is 0 Å². The van der Waals surface area contributed by atoms with Crippen molar-refractivity contribution in [1.29, 1.82) is 0 Å². The topological polar surface area (TPSA) is 44.7 Å². The van der Waals surface area contributed by atoms with Crippen molar-refractivity contribution in [3.05, 3.63) is 0 Å². The zero-order valence-electron chi connectivity index (χ0n) is 7.91. The van der Waals surface area contributed by atoms with Gasteiger partial charge in [0, 0.05) is 44.7 Å². The Labute approximate surface area is 78.9 Å². The average molecular weight is 186 g/mol. The van der Waals surface area contributed by atoms with E-state index in [2.05, 4.69) is 10.2 Å². The van der Waals surface area contributed by atoms with Crippen LogP contribution in [0.25, 0.3) is 0 Å². The molecular formula is C9H18N2O2. The predicted octanol–water partition coefficient (Wildman–Crippen LogP) is -1.10. The summed E-state index contributed by atoms with van der Waals surface area (Å²) in [6, 6.07) is 0.522. The van der Waals surface area contributed by atoms with Gasteiger partial charge in [0.25, 0.3) is 0 Å². The van der Waals surface area contributed by atoms with Gasteiger partial charge in [-0.2, -0.15) is 0 Å². The van der Waals surface area contributed by atoms with Crippen LogP contribution < -0.4 is 5.32 Å². The molecule has 2 unspecified atom stereocenters. The molecule has 76 valence electrons. The molecule has 2 atom stereocenters. The Morgan fingerprint density at radius 1 is 1.31 bits per heavy atom. The van der Waals surface area contributed by atoms with Gasteiger partial charge in [-0.15, -0.1) is 0 Å². The van der Waals surface area contributed by atoms with Gasteiger partial charge >= 0.3 is 0 Å². The largest absolute Gasteiger partial charge is 0.396 e. The lowest BCUT2D eigenvalue weighted by Gasteiger charge is -2.34. The maximum atomic E-state index is 9.17. The summed E-state index contributed by atoms with van der Waals surface area (Å²) in [6.45, 7) is 5.99. The molecule has 4 heteroatoms. The number of hydrogen-bond acceptors (Lipinski definition) is 4. The standard InChI is InChI=1S/C9H18N2O2/c12-7-8-5-10-6-9(8)11-1-3-13-4-2-11/h8-10,12H,1-7H2. The van der Waals surface area contributed by atoms with E-state index in [1.54, 1.807) is 0 Å². The van der Waals surface area contributed by atoms with E-state index >= 15 is 0 Å². The first-order valence-electron chi connectivity index (χ1n) is 5.05. The third-order valence-corrected chi connectivity index (χ3v) is 3.05. The van der Waals surface area contributed by atoms with Crippen molar-refractivity contribution in [2.24, 2.45) is 5.92 Å². The van der Waals surface area contributed by atoms with Crippen molar-refractivity contribution in [3.63, 3.8) is 0 Å². The Bertz CT molecular complexity index is 160. The smallest absolute Gasteiger partial charge is 0.0594 e. The summed E-state index contributed by atoms with van der Waals surface area (Å²) >= 11 is 0. The average Bonchev–Trinajstić information content (AvgIpc) is 2.67. The predicted molar refractivity (Wildman–Crippen MR) is 49.6 cm³/mol. The summed E-state index contributed by atoms with van der Waals surface area (Å²) in [6.07, 6.45) is 0. The fourth-order valence-corrected chi connectivity index (χ4v) is 2.24. The SMILES string of the molecule is OCC1CNCC1N1CCOCC1. The highest BCUT2D eigenvalue weighted by Crippen LogP contribution is 2.16. The maximum absolute atomic E-state index is 9.17. The molecule has 13 heavy (non-hydrogen) atoms. The van der Waals surface area contributed by atoms with Gasteiger partial charge < -0.3 is 15.2 Å². The van der Waals surface area contributed by atoms with Crippen molar-refractivity contribution in [3.8, 4) is 0 Å². The first-order valence-corrected chi connectivity index (χ1v) is 5.05. The number of morpholine rings is 1. The Morgan fingerprint density at radius 2 is 2.08 bits per heavy atom. The van der Waals surface area contributed by atoms with Crippen LogP contribution in [0, 0.1) is 5.92 Å². The first-order chi connectivity index (χ1) is 6.42. The molecule has 2 heterocycles. The Balaban J connectivity index is 1.90. The molecule has 0 amide bonds. The van der Waals surface area contributed by atoms with E-state index in [4.69, 9.17) is 9.84 Å².